The van der Waals surface area contributed by atoms with Gasteiger partial charge in [-0.2, -0.15) is 0 Å². The quantitative estimate of drug-likeness (QED) is 0.0334. The third-order valence-electron chi connectivity index (χ3n) is 19.1. The molecule has 2 heterocycles. The number of nitrogens with two attached hydrogens (primary N) is 2. The first kappa shape index (κ1) is 56.3. The van der Waals surface area contributed by atoms with E-state index in [-0.39, 0.29) is 78.9 Å². The summed E-state index contributed by atoms with van der Waals surface area (Å²) in [5, 5.41) is 68.9. The molecule has 0 unspecified atom stereocenters. The van der Waals surface area contributed by atoms with Gasteiger partial charge in [-0.25, -0.2) is 0 Å². The Balaban J connectivity index is 0.937. The summed E-state index contributed by atoms with van der Waals surface area (Å²) in [5.74, 6) is 7.33. The first-order valence-corrected chi connectivity index (χ1v) is 31.1. The Hall–Kier alpha value is -5.60. The zero-order chi connectivity index (χ0) is 55.8. The molecule has 6 aliphatic rings. The van der Waals surface area contributed by atoms with Crippen LogP contribution in [-0.4, -0.2) is 84.5 Å². The van der Waals surface area contributed by atoms with Crippen LogP contribution >= 0.6 is 21.6 Å². The van der Waals surface area contributed by atoms with E-state index < -0.39 is 34.6 Å². The molecule has 11 N–H and O–H groups in total. The van der Waals surface area contributed by atoms with Crippen molar-refractivity contribution in [2.45, 2.75) is 132 Å². The summed E-state index contributed by atoms with van der Waals surface area (Å²) in [4.78, 5) is 31.6. The van der Waals surface area contributed by atoms with Gasteiger partial charge in [0.05, 0.1) is 37.5 Å². The second-order valence-electron chi connectivity index (χ2n) is 24.2. The number of aromatic amines is 1. The van der Waals surface area contributed by atoms with Crippen LogP contribution in [0, 0.1) is 39.9 Å². The van der Waals surface area contributed by atoms with E-state index in [4.69, 9.17) is 16.2 Å². The number of phenolic OH excluding ortho intramolecular Hbond substituents is 2. The number of aliphatic hydroxyl groups excluding tert-OH is 3. The van der Waals surface area contributed by atoms with Crippen molar-refractivity contribution in [3.8, 4) is 29.1 Å². The molecular weight excluding hydrogens is 1040 g/mol. The fourth-order valence-electron chi connectivity index (χ4n) is 14.9. The molecule has 0 saturated heterocycles. The molecule has 9 atom stereocenters. The number of H-pyrrole nitrogens is 1. The van der Waals surface area contributed by atoms with Gasteiger partial charge in [-0.05, 0) is 174 Å². The predicted molar refractivity (Wildman–Crippen MR) is 314 cm³/mol. The van der Waals surface area contributed by atoms with Crippen LogP contribution in [0.5, 0.6) is 17.2 Å². The van der Waals surface area contributed by atoms with Crippen molar-refractivity contribution < 1.29 is 45.0 Å². The van der Waals surface area contributed by atoms with E-state index in [1.807, 2.05) is 18.2 Å². The van der Waals surface area contributed by atoms with Crippen molar-refractivity contribution in [2.24, 2.45) is 39.5 Å². The normalized spacial score (nSPS) is 30.2. The molecule has 14 heteroatoms. The fourth-order valence-corrected chi connectivity index (χ4v) is 17.5. The van der Waals surface area contributed by atoms with Gasteiger partial charge in [0.2, 0.25) is 0 Å². The zero-order valence-electron chi connectivity index (χ0n) is 45.4. The van der Waals surface area contributed by atoms with Gasteiger partial charge in [-0.3, -0.25) is 9.59 Å². The van der Waals surface area contributed by atoms with Crippen molar-refractivity contribution in [1.82, 2.24) is 4.98 Å². The summed E-state index contributed by atoms with van der Waals surface area (Å²) in [6, 6.07) is 24.8. The molecule has 0 spiro atoms. The van der Waals surface area contributed by atoms with Crippen LogP contribution < -0.4 is 16.2 Å². The van der Waals surface area contributed by atoms with Crippen LogP contribution in [0.1, 0.15) is 155 Å². The third-order valence-corrected chi connectivity index (χ3v) is 21.5. The van der Waals surface area contributed by atoms with Gasteiger partial charge < -0.3 is 51.8 Å². The number of aliphatic hydroxyl groups is 4. The number of hydrogen-bond acceptors (Lipinski definition) is 13. The summed E-state index contributed by atoms with van der Waals surface area (Å²) in [7, 11) is 3.31. The van der Waals surface area contributed by atoms with Crippen LogP contribution in [0.4, 0.5) is 0 Å². The van der Waals surface area contributed by atoms with Gasteiger partial charge in [-0.1, -0.05) is 100 Å². The molecule has 420 valence electrons. The van der Waals surface area contributed by atoms with Crippen LogP contribution in [-0.2, 0) is 36.2 Å². The molecule has 4 aromatic carbocycles. The number of aromatic hydroxyl groups is 2. The number of aromatic nitrogens is 1. The average Bonchev–Trinajstić information content (AvgIpc) is 4.33. The lowest BCUT2D eigenvalue weighted by Gasteiger charge is -2.50. The number of fused-ring (bicyclic) bond motifs is 10. The third kappa shape index (κ3) is 11.5. The van der Waals surface area contributed by atoms with Gasteiger partial charge >= 0.3 is 0 Å². The van der Waals surface area contributed by atoms with Crippen molar-refractivity contribution in [1.29, 1.82) is 0 Å². The maximum absolute atomic E-state index is 14.4. The zero-order valence-corrected chi connectivity index (χ0v) is 47.0. The minimum atomic E-state index is -1.28. The lowest BCUT2D eigenvalue weighted by molar-refractivity contribution is -0.114. The second-order valence-corrected chi connectivity index (χ2v) is 26.7. The van der Waals surface area contributed by atoms with Gasteiger partial charge in [0.15, 0.2) is 23.1 Å². The second kappa shape index (κ2) is 23.3. The number of ether oxygens (including phenoxy) is 1. The highest BCUT2D eigenvalue weighted by atomic mass is 33.1. The highest BCUT2D eigenvalue weighted by molar-refractivity contribution is 8.76. The van der Waals surface area contributed by atoms with Crippen LogP contribution in [0.2, 0.25) is 0 Å². The monoisotopic (exact) mass is 1120 g/mol. The van der Waals surface area contributed by atoms with Gasteiger partial charge in [0, 0.05) is 77.8 Å². The summed E-state index contributed by atoms with van der Waals surface area (Å²) in [6.45, 7) is -0.0940. The first-order valence-electron chi connectivity index (χ1n) is 28.6. The molecule has 5 aliphatic carbocycles. The number of carbonyl (C=O) groups is 2. The highest BCUT2D eigenvalue weighted by Crippen LogP contribution is 2.65. The number of nitrogens with one attached hydrogen (secondary N) is 1. The van der Waals surface area contributed by atoms with Gasteiger partial charge in [0.1, 0.15) is 5.75 Å². The van der Waals surface area contributed by atoms with Crippen LogP contribution in [0.25, 0.3) is 0 Å². The number of allylic oxidation sites excluding steroid dienone is 4. The molecule has 2 fully saturated rings. The molecule has 0 radical (unpaired) electrons. The smallest absolute Gasteiger partial charge is 0.165 e. The topological polar surface area (TPSA) is 233 Å². The summed E-state index contributed by atoms with van der Waals surface area (Å²) in [6.07, 6.45) is 16.7. The van der Waals surface area contributed by atoms with E-state index in [1.54, 1.807) is 64.2 Å². The van der Waals surface area contributed by atoms with Gasteiger partial charge in [-0.15, -0.1) is 0 Å². The Bertz CT molecular complexity index is 3270. The number of benzene rings is 4. The van der Waals surface area contributed by atoms with E-state index in [0.29, 0.717) is 91.7 Å². The Labute approximate surface area is 477 Å². The van der Waals surface area contributed by atoms with E-state index in [0.717, 1.165) is 59.2 Å². The summed E-state index contributed by atoms with van der Waals surface area (Å²) >= 11 is 0. The van der Waals surface area contributed by atoms with Crippen molar-refractivity contribution in [3.05, 3.63) is 171 Å². The maximum atomic E-state index is 14.4. The Morgan fingerprint density at radius 3 is 2.46 bits per heavy atom. The number of aryl methyl sites for hydroxylation is 1. The average molecular weight is 1120 g/mol. The summed E-state index contributed by atoms with van der Waals surface area (Å²) in [5.41, 5.74) is 19.5. The fraction of sp³-hybridized carbons (Fsp3) is 0.455. The number of Topliss-reactive ketones (excluding diaryl/α,β-unsaturated/α-hetero) is 1. The maximum Gasteiger partial charge on any atom is 0.165 e. The molecule has 12 nitrogen and oxygen atoms in total. The highest BCUT2D eigenvalue weighted by Gasteiger charge is 2.58. The standard InChI is InChI=1S/C66H75N3O9S2/c67-62(68)52-29-43-6-3-8-55-50(16-25-69-55)58(75)32-53-51(43)30-45(52)37-79-80-38-47-33-63(35-59(47)76,20-15-48(72)12-9-41-11-14-57(74)60(28-41)78-26-17-42-10-13-56(73)54(53)27-42)21-22-65-24-23-64(18-4-19-66(77,39-65)40-71)34-46(36-70)49-7-2-1-5-44(49)31-61(64)65/h1-2,5,7,10-11,13-16,20,23-25,27-30,46-47,53,59,61-62,69-71,73-74,76-77H,4,8-9,12,17-19,21-22,26,31-40,67-68H2/b20-15+/t46-,47-,53+,59+,61-,63+,64+,65-,66-/m0/s1. The molecule has 11 rings (SSSR count). The Morgan fingerprint density at radius 2 is 1.64 bits per heavy atom. The molecule has 5 aromatic rings. The van der Waals surface area contributed by atoms with Crippen LogP contribution in [0.15, 0.2) is 109 Å². The molecule has 1 aromatic heterocycles. The molecule has 0 amide bonds. The minimum Gasteiger partial charge on any atom is -0.508 e. The molecule has 1 aliphatic heterocycles. The van der Waals surface area contributed by atoms with Crippen molar-refractivity contribution in [3.63, 3.8) is 0 Å². The largest absolute Gasteiger partial charge is 0.508 e. The van der Waals surface area contributed by atoms with E-state index in [2.05, 4.69) is 65.4 Å². The van der Waals surface area contributed by atoms with Crippen molar-refractivity contribution in [2.75, 3.05) is 25.6 Å². The number of phenols is 2. The lowest BCUT2D eigenvalue weighted by atomic mass is 9.55. The Morgan fingerprint density at radius 1 is 0.812 bits per heavy atom. The van der Waals surface area contributed by atoms with E-state index >= 15 is 0 Å². The van der Waals surface area contributed by atoms with E-state index in [1.165, 1.54) is 11.1 Å². The molecular formula is C66H75N3O9S2. The van der Waals surface area contributed by atoms with Crippen molar-refractivity contribution >= 4 is 33.2 Å². The Kier molecular flexibility index (Phi) is 16.4. The predicted octanol–water partition coefficient (Wildman–Crippen LogP) is 9.94. The number of ketones is 2. The molecule has 10 bridgehead atoms. The number of rotatable bonds is 6. The molecule has 2 saturated carbocycles. The SMILES string of the molecule is NC(N)c1cc2c3cc1CSSC[C@@H]1C[C@](CC[C@]45C=C[C@]6(CCC[C@@](O)(CO)C4)C[C@@H](CO)c4ccccc4C[C@@H]65)(/C=C/C(=O)CCc4ccc(O)c(c4)OCCc4ccc(O)c(c4)[C@@H]3CC(=O)c3cc[nH]c3CC#C2)C[C@H]1O. The van der Waals surface area contributed by atoms with E-state index in [9.17, 15) is 40.2 Å². The first-order chi connectivity index (χ1) is 38.6. The molecule has 80 heavy (non-hydrogen) atoms. The van der Waals surface area contributed by atoms with Crippen LogP contribution in [0.3, 0.4) is 0 Å². The number of hydrogen-bond donors (Lipinski definition) is 9. The van der Waals surface area contributed by atoms with Gasteiger partial charge in [0.25, 0.3) is 0 Å². The minimum absolute atomic E-state index is 0.0208. The summed E-state index contributed by atoms with van der Waals surface area (Å²) < 4.78 is 6.22. The number of carbonyl (C=O) groups excluding carboxylic acids is 2. The lowest BCUT2D eigenvalue weighted by Crippen LogP contribution is -2.48.